The van der Waals surface area contributed by atoms with E-state index in [1.165, 1.54) is 44.1 Å². The van der Waals surface area contributed by atoms with Gasteiger partial charge in [0.05, 0.1) is 12.3 Å². The number of hydrogen-bond acceptors (Lipinski definition) is 2. The van der Waals surface area contributed by atoms with Crippen molar-refractivity contribution in [2.24, 2.45) is 0 Å². The van der Waals surface area contributed by atoms with Crippen LogP contribution in [0.4, 0.5) is 0 Å². The molecule has 2 rings (SSSR count). The Morgan fingerprint density at radius 2 is 1.57 bits per heavy atom. The fourth-order valence-electron chi connectivity index (χ4n) is 3.14. The molecule has 0 unspecified atom stereocenters. The van der Waals surface area contributed by atoms with Crippen molar-refractivity contribution in [3.05, 3.63) is 35.4 Å². The fourth-order valence-corrected chi connectivity index (χ4v) is 3.14. The lowest BCUT2D eigenvalue weighted by atomic mass is 9.89. The summed E-state index contributed by atoms with van der Waals surface area (Å²) in [6.45, 7) is 0. The molecule has 0 aromatic heterocycles. The molecule has 0 saturated heterocycles. The van der Waals surface area contributed by atoms with E-state index in [-0.39, 0.29) is 6.42 Å². The van der Waals surface area contributed by atoms with Crippen LogP contribution in [0.15, 0.2) is 24.3 Å². The molecule has 1 fully saturated rings. The van der Waals surface area contributed by atoms with Gasteiger partial charge in [-0.2, -0.15) is 0 Å². The van der Waals surface area contributed by atoms with Crippen molar-refractivity contribution in [2.45, 2.75) is 56.8 Å². The summed E-state index contributed by atoms with van der Waals surface area (Å²) < 4.78 is 0. The number of carbonyl (C=O) groups is 2. The minimum atomic E-state index is -1.09. The molecule has 1 aromatic rings. The van der Waals surface area contributed by atoms with Crippen molar-refractivity contribution < 1.29 is 19.8 Å². The predicted octanol–water partition coefficient (Wildman–Crippen LogP) is 3.77. The van der Waals surface area contributed by atoms with Crippen molar-refractivity contribution in [1.82, 2.24) is 0 Å². The summed E-state index contributed by atoms with van der Waals surface area (Å²) in [5.74, 6) is -2.58. The Morgan fingerprint density at radius 1 is 1.00 bits per heavy atom. The molecule has 1 saturated carbocycles. The lowest BCUT2D eigenvalue weighted by molar-refractivity contribution is -0.145. The Labute approximate surface area is 124 Å². The lowest BCUT2D eigenvalue weighted by Crippen LogP contribution is -2.16. The van der Waals surface area contributed by atoms with Gasteiger partial charge in [0, 0.05) is 0 Å². The molecule has 1 aliphatic rings. The zero-order chi connectivity index (χ0) is 15.2. The van der Waals surface area contributed by atoms with Crippen LogP contribution < -0.4 is 0 Å². The molecule has 0 radical (unpaired) electrons. The quantitative estimate of drug-likeness (QED) is 0.809. The fraction of sp³-hybridized carbons (Fsp3) is 0.529. The van der Waals surface area contributed by atoms with Gasteiger partial charge in [0.15, 0.2) is 0 Å². The van der Waals surface area contributed by atoms with E-state index in [0.29, 0.717) is 11.5 Å². The highest BCUT2D eigenvalue weighted by Crippen LogP contribution is 2.32. The first kappa shape index (κ1) is 15.5. The van der Waals surface area contributed by atoms with Crippen LogP contribution in [-0.2, 0) is 9.59 Å². The highest BCUT2D eigenvalue weighted by molar-refractivity contribution is 5.82. The second-order valence-corrected chi connectivity index (χ2v) is 5.84. The number of hydrogen-bond donors (Lipinski definition) is 2. The molecular formula is C17H22O4. The SMILES string of the molecule is O=C(O)C[C@@H](C(=O)O)c1ccc(C2CCCCCC2)cc1. The molecule has 114 valence electrons. The average Bonchev–Trinajstić information content (AvgIpc) is 2.73. The third-order valence-electron chi connectivity index (χ3n) is 4.34. The van der Waals surface area contributed by atoms with Gasteiger partial charge in [-0.3, -0.25) is 9.59 Å². The third-order valence-corrected chi connectivity index (χ3v) is 4.34. The van der Waals surface area contributed by atoms with Crippen molar-refractivity contribution in [2.75, 3.05) is 0 Å². The molecular weight excluding hydrogens is 268 g/mol. The second-order valence-electron chi connectivity index (χ2n) is 5.84. The van der Waals surface area contributed by atoms with E-state index in [0.717, 1.165) is 0 Å². The van der Waals surface area contributed by atoms with Crippen LogP contribution in [0.25, 0.3) is 0 Å². The van der Waals surface area contributed by atoms with Crippen LogP contribution in [-0.4, -0.2) is 22.2 Å². The van der Waals surface area contributed by atoms with Crippen LogP contribution in [0.2, 0.25) is 0 Å². The first-order valence-electron chi connectivity index (χ1n) is 7.62. The molecule has 1 aromatic carbocycles. The summed E-state index contributed by atoms with van der Waals surface area (Å²) in [5.41, 5.74) is 1.82. The molecule has 1 atom stereocenters. The van der Waals surface area contributed by atoms with Crippen LogP contribution in [0.1, 0.15) is 67.9 Å². The predicted molar refractivity (Wildman–Crippen MR) is 79.5 cm³/mol. The molecule has 1 aliphatic carbocycles. The van der Waals surface area contributed by atoms with Gasteiger partial charge in [-0.15, -0.1) is 0 Å². The Hall–Kier alpha value is -1.84. The first-order chi connectivity index (χ1) is 10.1. The van der Waals surface area contributed by atoms with E-state index in [4.69, 9.17) is 10.2 Å². The Kier molecular flexibility index (Phi) is 5.37. The van der Waals surface area contributed by atoms with Gasteiger partial charge in [-0.1, -0.05) is 49.9 Å². The number of carboxylic acids is 2. The summed E-state index contributed by atoms with van der Waals surface area (Å²) in [6.07, 6.45) is 7.11. The van der Waals surface area contributed by atoms with Crippen molar-refractivity contribution in [1.29, 1.82) is 0 Å². The topological polar surface area (TPSA) is 74.6 Å². The minimum Gasteiger partial charge on any atom is -0.481 e. The summed E-state index contributed by atoms with van der Waals surface area (Å²) in [4.78, 5) is 22.0. The van der Waals surface area contributed by atoms with Gasteiger partial charge < -0.3 is 10.2 Å². The Morgan fingerprint density at radius 3 is 2.05 bits per heavy atom. The van der Waals surface area contributed by atoms with Crippen molar-refractivity contribution in [3.8, 4) is 0 Å². The van der Waals surface area contributed by atoms with E-state index in [1.54, 1.807) is 12.1 Å². The lowest BCUT2D eigenvalue weighted by Gasteiger charge is -2.16. The number of benzene rings is 1. The van der Waals surface area contributed by atoms with E-state index in [1.807, 2.05) is 12.1 Å². The average molecular weight is 290 g/mol. The maximum Gasteiger partial charge on any atom is 0.311 e. The van der Waals surface area contributed by atoms with Gasteiger partial charge in [-0.05, 0) is 29.9 Å². The second kappa shape index (κ2) is 7.25. The van der Waals surface area contributed by atoms with Gasteiger partial charge in [0.25, 0.3) is 0 Å². The van der Waals surface area contributed by atoms with Crippen LogP contribution in [0.5, 0.6) is 0 Å². The maximum absolute atomic E-state index is 11.2. The summed E-state index contributed by atoms with van der Waals surface area (Å²) in [7, 11) is 0. The molecule has 0 heterocycles. The molecule has 0 bridgehead atoms. The standard InChI is InChI=1S/C17H22O4/c18-16(19)11-15(17(20)21)14-9-7-13(8-10-14)12-5-3-1-2-4-6-12/h7-10,12,15H,1-6,11H2,(H,18,19)(H,20,21)/t15-/m1/s1. The molecule has 0 aliphatic heterocycles. The Balaban J connectivity index is 2.12. The minimum absolute atomic E-state index is 0.377. The normalized spacial score (nSPS) is 17.9. The van der Waals surface area contributed by atoms with Crippen molar-refractivity contribution >= 4 is 11.9 Å². The van der Waals surface area contributed by atoms with E-state index >= 15 is 0 Å². The Bertz CT molecular complexity index is 484. The first-order valence-corrected chi connectivity index (χ1v) is 7.62. The number of carboxylic acid groups (broad SMARTS) is 2. The van der Waals surface area contributed by atoms with Gasteiger partial charge in [0.1, 0.15) is 0 Å². The zero-order valence-electron chi connectivity index (χ0n) is 12.1. The molecule has 0 spiro atoms. The summed E-state index contributed by atoms with van der Waals surface area (Å²) in [5, 5.41) is 18.0. The van der Waals surface area contributed by atoms with Gasteiger partial charge >= 0.3 is 11.9 Å². The summed E-state index contributed by atoms with van der Waals surface area (Å²) in [6, 6.07) is 7.51. The highest BCUT2D eigenvalue weighted by Gasteiger charge is 2.23. The molecule has 4 nitrogen and oxygen atoms in total. The van der Waals surface area contributed by atoms with E-state index in [9.17, 15) is 9.59 Å². The largest absolute Gasteiger partial charge is 0.481 e. The van der Waals surface area contributed by atoms with E-state index in [2.05, 4.69) is 0 Å². The van der Waals surface area contributed by atoms with Crippen LogP contribution >= 0.6 is 0 Å². The van der Waals surface area contributed by atoms with Crippen LogP contribution in [0.3, 0.4) is 0 Å². The molecule has 2 N–H and O–H groups in total. The van der Waals surface area contributed by atoms with Crippen LogP contribution in [0, 0.1) is 0 Å². The number of aliphatic carboxylic acids is 2. The third kappa shape index (κ3) is 4.31. The van der Waals surface area contributed by atoms with Crippen molar-refractivity contribution in [3.63, 3.8) is 0 Å². The smallest absolute Gasteiger partial charge is 0.311 e. The monoisotopic (exact) mass is 290 g/mol. The highest BCUT2D eigenvalue weighted by atomic mass is 16.4. The number of rotatable bonds is 5. The maximum atomic E-state index is 11.2. The summed E-state index contributed by atoms with van der Waals surface area (Å²) >= 11 is 0. The van der Waals surface area contributed by atoms with E-state index < -0.39 is 17.9 Å². The molecule has 4 heteroatoms. The van der Waals surface area contributed by atoms with Gasteiger partial charge in [-0.25, -0.2) is 0 Å². The zero-order valence-corrected chi connectivity index (χ0v) is 12.1. The van der Waals surface area contributed by atoms with Gasteiger partial charge in [0.2, 0.25) is 0 Å². The molecule has 0 amide bonds. The molecule has 21 heavy (non-hydrogen) atoms.